The van der Waals surface area contributed by atoms with Gasteiger partial charge in [-0.25, -0.2) is 4.68 Å². The van der Waals surface area contributed by atoms with E-state index in [2.05, 4.69) is 15.5 Å². The Balaban J connectivity index is 1.86. The van der Waals surface area contributed by atoms with E-state index in [9.17, 15) is 8.78 Å². The highest BCUT2D eigenvalue weighted by molar-refractivity contribution is 5.15. The number of nitrogens with zero attached hydrogens (tertiary/aromatic N) is 4. The Kier molecular flexibility index (Phi) is 3.71. The summed E-state index contributed by atoms with van der Waals surface area (Å²) in [5.74, 6) is 0. The molecule has 2 aromatic heterocycles. The molecule has 0 radical (unpaired) electrons. The second kappa shape index (κ2) is 5.26. The molecule has 0 atom stereocenters. The molecule has 18 heavy (non-hydrogen) atoms. The Morgan fingerprint density at radius 3 is 2.67 bits per heavy atom. The lowest BCUT2D eigenvalue weighted by atomic mass is 10.2. The molecule has 0 spiro atoms. The van der Waals surface area contributed by atoms with Crippen molar-refractivity contribution in [2.45, 2.75) is 26.6 Å². The Morgan fingerprint density at radius 1 is 1.33 bits per heavy atom. The third kappa shape index (κ3) is 2.92. The molecule has 7 heteroatoms. The number of aryl methyl sites for hydroxylation is 2. The van der Waals surface area contributed by atoms with Crippen LogP contribution in [0, 0.1) is 6.92 Å². The standard InChI is InChI=1S/C11H15F2N5/c1-8-9(7-17(2)15-8)5-14-6-10-3-4-18(16-10)11(12)13/h3-4,7,11,14H,5-6H2,1-2H3. The SMILES string of the molecule is Cc1nn(C)cc1CNCc1ccn(C(F)F)n1. The van der Waals surface area contributed by atoms with Crippen molar-refractivity contribution in [2.24, 2.45) is 7.05 Å². The highest BCUT2D eigenvalue weighted by Crippen LogP contribution is 2.09. The second-order valence-corrected chi connectivity index (χ2v) is 4.08. The maximum Gasteiger partial charge on any atom is 0.333 e. The van der Waals surface area contributed by atoms with Crippen LogP contribution >= 0.6 is 0 Å². The van der Waals surface area contributed by atoms with Crippen molar-refractivity contribution in [3.05, 3.63) is 35.4 Å². The molecular weight excluding hydrogens is 240 g/mol. The van der Waals surface area contributed by atoms with Gasteiger partial charge in [-0.15, -0.1) is 0 Å². The average Bonchev–Trinajstić information content (AvgIpc) is 2.87. The van der Waals surface area contributed by atoms with Gasteiger partial charge in [0.05, 0.1) is 11.4 Å². The molecule has 5 nitrogen and oxygen atoms in total. The third-order valence-electron chi connectivity index (χ3n) is 2.60. The lowest BCUT2D eigenvalue weighted by Gasteiger charge is -2.01. The number of aromatic nitrogens is 4. The first-order valence-electron chi connectivity index (χ1n) is 5.58. The van der Waals surface area contributed by atoms with Gasteiger partial charge in [0.1, 0.15) is 0 Å². The number of hydrogen-bond acceptors (Lipinski definition) is 3. The summed E-state index contributed by atoms with van der Waals surface area (Å²) in [4.78, 5) is 0. The first-order chi connectivity index (χ1) is 8.56. The molecule has 0 saturated heterocycles. The van der Waals surface area contributed by atoms with E-state index in [-0.39, 0.29) is 0 Å². The predicted molar refractivity (Wildman–Crippen MR) is 62.0 cm³/mol. The number of hydrogen-bond donors (Lipinski definition) is 1. The molecule has 0 aliphatic heterocycles. The Hall–Kier alpha value is -1.76. The van der Waals surface area contributed by atoms with E-state index in [1.807, 2.05) is 20.2 Å². The second-order valence-electron chi connectivity index (χ2n) is 4.08. The summed E-state index contributed by atoms with van der Waals surface area (Å²) in [7, 11) is 1.86. The minimum absolute atomic E-state index is 0.452. The van der Waals surface area contributed by atoms with Gasteiger partial charge >= 0.3 is 6.55 Å². The van der Waals surface area contributed by atoms with Gasteiger partial charge in [0.25, 0.3) is 0 Å². The number of halogens is 2. The Labute approximate surface area is 103 Å². The van der Waals surface area contributed by atoms with Gasteiger partial charge in [0, 0.05) is 38.1 Å². The van der Waals surface area contributed by atoms with Crippen molar-refractivity contribution in [1.82, 2.24) is 24.9 Å². The summed E-state index contributed by atoms with van der Waals surface area (Å²) < 4.78 is 27.0. The quantitative estimate of drug-likeness (QED) is 0.883. The van der Waals surface area contributed by atoms with Crippen molar-refractivity contribution < 1.29 is 8.78 Å². The largest absolute Gasteiger partial charge is 0.333 e. The van der Waals surface area contributed by atoms with Crippen LogP contribution in [0.2, 0.25) is 0 Å². The number of nitrogens with one attached hydrogen (secondary N) is 1. The zero-order chi connectivity index (χ0) is 13.1. The van der Waals surface area contributed by atoms with Crippen LogP contribution < -0.4 is 5.32 Å². The summed E-state index contributed by atoms with van der Waals surface area (Å²) in [6, 6.07) is 1.58. The molecule has 0 unspecified atom stereocenters. The van der Waals surface area contributed by atoms with Gasteiger partial charge in [0.15, 0.2) is 0 Å². The Morgan fingerprint density at radius 2 is 2.11 bits per heavy atom. The van der Waals surface area contributed by atoms with Crippen LogP contribution in [0.4, 0.5) is 8.78 Å². The average molecular weight is 255 g/mol. The highest BCUT2D eigenvalue weighted by Gasteiger charge is 2.07. The van der Waals surface area contributed by atoms with Crippen molar-refractivity contribution in [3.8, 4) is 0 Å². The zero-order valence-corrected chi connectivity index (χ0v) is 10.3. The molecule has 2 heterocycles. The van der Waals surface area contributed by atoms with Crippen molar-refractivity contribution >= 4 is 0 Å². The fourth-order valence-corrected chi connectivity index (χ4v) is 1.73. The number of rotatable bonds is 5. The molecule has 0 aromatic carbocycles. The van der Waals surface area contributed by atoms with Gasteiger partial charge < -0.3 is 5.32 Å². The van der Waals surface area contributed by atoms with Crippen LogP contribution in [0.5, 0.6) is 0 Å². The molecule has 0 aliphatic carbocycles. The summed E-state index contributed by atoms with van der Waals surface area (Å²) in [6.45, 7) is 0.442. The van der Waals surface area contributed by atoms with E-state index in [1.54, 1.807) is 10.7 Å². The van der Waals surface area contributed by atoms with E-state index in [0.717, 1.165) is 11.3 Å². The predicted octanol–water partition coefficient (Wildman–Crippen LogP) is 1.61. The number of alkyl halides is 2. The summed E-state index contributed by atoms with van der Waals surface area (Å²) in [6.07, 6.45) is 3.21. The Bertz CT molecular complexity index is 517. The summed E-state index contributed by atoms with van der Waals surface area (Å²) in [5.41, 5.74) is 2.64. The van der Waals surface area contributed by atoms with Crippen LogP contribution in [0.15, 0.2) is 18.5 Å². The van der Waals surface area contributed by atoms with Gasteiger partial charge in [-0.05, 0) is 13.0 Å². The molecule has 0 aliphatic rings. The topological polar surface area (TPSA) is 47.7 Å². The monoisotopic (exact) mass is 255 g/mol. The fourth-order valence-electron chi connectivity index (χ4n) is 1.73. The molecule has 2 rings (SSSR count). The smallest absolute Gasteiger partial charge is 0.307 e. The van der Waals surface area contributed by atoms with Gasteiger partial charge in [-0.3, -0.25) is 4.68 Å². The first kappa shape index (κ1) is 12.7. The van der Waals surface area contributed by atoms with Crippen molar-refractivity contribution in [3.63, 3.8) is 0 Å². The van der Waals surface area contributed by atoms with Crippen LogP contribution in [-0.4, -0.2) is 19.6 Å². The van der Waals surface area contributed by atoms with Crippen LogP contribution in [0.1, 0.15) is 23.5 Å². The van der Waals surface area contributed by atoms with Gasteiger partial charge in [0.2, 0.25) is 0 Å². The molecule has 98 valence electrons. The maximum absolute atomic E-state index is 12.3. The molecule has 0 fully saturated rings. The lowest BCUT2D eigenvalue weighted by molar-refractivity contribution is 0.0561. The van der Waals surface area contributed by atoms with Crippen LogP contribution in [0.25, 0.3) is 0 Å². The van der Waals surface area contributed by atoms with E-state index in [1.165, 1.54) is 6.20 Å². The summed E-state index contributed by atoms with van der Waals surface area (Å²) >= 11 is 0. The zero-order valence-electron chi connectivity index (χ0n) is 10.3. The fraction of sp³-hybridized carbons (Fsp3) is 0.455. The molecule has 0 bridgehead atoms. The highest BCUT2D eigenvalue weighted by atomic mass is 19.3. The third-order valence-corrected chi connectivity index (χ3v) is 2.60. The molecule has 0 saturated carbocycles. The van der Waals surface area contributed by atoms with Crippen molar-refractivity contribution in [1.29, 1.82) is 0 Å². The van der Waals surface area contributed by atoms with E-state index < -0.39 is 6.55 Å². The molecule has 2 aromatic rings. The normalized spacial score (nSPS) is 11.4. The van der Waals surface area contributed by atoms with Crippen LogP contribution in [0.3, 0.4) is 0 Å². The van der Waals surface area contributed by atoms with Gasteiger partial charge in [-0.1, -0.05) is 0 Å². The van der Waals surface area contributed by atoms with E-state index in [0.29, 0.717) is 23.5 Å². The molecular formula is C11H15F2N5. The maximum atomic E-state index is 12.3. The first-order valence-corrected chi connectivity index (χ1v) is 5.58. The lowest BCUT2D eigenvalue weighted by Crippen LogP contribution is -2.13. The van der Waals surface area contributed by atoms with Crippen molar-refractivity contribution in [2.75, 3.05) is 0 Å². The van der Waals surface area contributed by atoms with Gasteiger partial charge in [-0.2, -0.15) is 19.0 Å². The van der Waals surface area contributed by atoms with Crippen LogP contribution in [-0.2, 0) is 20.1 Å². The van der Waals surface area contributed by atoms with E-state index in [4.69, 9.17) is 0 Å². The minimum Gasteiger partial charge on any atom is -0.307 e. The molecule has 0 amide bonds. The minimum atomic E-state index is -2.58. The molecule has 1 N–H and O–H groups in total. The van der Waals surface area contributed by atoms with E-state index >= 15 is 0 Å². The summed E-state index contributed by atoms with van der Waals surface area (Å²) in [5, 5.41) is 11.1.